The minimum absolute atomic E-state index is 0.0302. The number of carbonyl (C=O) groups is 1. The first-order valence-corrected chi connectivity index (χ1v) is 8.92. The Hall–Kier alpha value is -1.89. The largest absolute Gasteiger partial charge is 0.368 e. The maximum atomic E-state index is 12.1. The quantitative estimate of drug-likeness (QED) is 0.845. The molecule has 1 unspecified atom stereocenters. The van der Waals surface area contributed by atoms with Gasteiger partial charge >= 0.3 is 0 Å². The highest BCUT2D eigenvalue weighted by Gasteiger charge is 2.24. The van der Waals surface area contributed by atoms with E-state index in [9.17, 15) is 9.59 Å². The number of anilines is 1. The van der Waals surface area contributed by atoms with Crippen molar-refractivity contribution < 1.29 is 9.53 Å². The lowest BCUT2D eigenvalue weighted by Gasteiger charge is -2.33. The molecule has 132 valence electrons. The number of amides is 1. The second kappa shape index (κ2) is 8.28. The predicted molar refractivity (Wildman–Crippen MR) is 91.1 cm³/mol. The lowest BCUT2D eigenvalue weighted by Crippen LogP contribution is -2.50. The Morgan fingerprint density at radius 2 is 2.12 bits per heavy atom. The minimum Gasteiger partial charge on any atom is -0.368 e. The van der Waals surface area contributed by atoms with Crippen molar-refractivity contribution in [2.24, 2.45) is 0 Å². The summed E-state index contributed by atoms with van der Waals surface area (Å²) in [4.78, 5) is 32.7. The Kier molecular flexibility index (Phi) is 5.85. The Morgan fingerprint density at radius 1 is 1.29 bits per heavy atom. The highest BCUT2D eigenvalue weighted by atomic mass is 16.5. The van der Waals surface area contributed by atoms with Gasteiger partial charge in [-0.25, -0.2) is 4.98 Å². The summed E-state index contributed by atoms with van der Waals surface area (Å²) in [6, 6.07) is 0.0302. The number of carbonyl (C=O) groups excluding carboxylic acids is 1. The smallest absolute Gasteiger partial charge is 0.290 e. The molecule has 1 amide bonds. The van der Waals surface area contributed by atoms with Crippen LogP contribution in [0.4, 0.5) is 5.82 Å². The highest BCUT2D eigenvalue weighted by molar-refractivity contribution is 5.77. The molecular formula is C17H26N4O3. The van der Waals surface area contributed by atoms with Gasteiger partial charge in [-0.2, -0.15) is 0 Å². The van der Waals surface area contributed by atoms with Crippen molar-refractivity contribution in [1.82, 2.24) is 15.3 Å². The summed E-state index contributed by atoms with van der Waals surface area (Å²) in [5, 5.41) is 3.03. The first-order chi connectivity index (χ1) is 11.7. The molecule has 1 aliphatic heterocycles. The first-order valence-electron chi connectivity index (χ1n) is 8.92. The van der Waals surface area contributed by atoms with E-state index in [1.165, 1.54) is 25.5 Å². The van der Waals surface area contributed by atoms with Crippen LogP contribution in [0.3, 0.4) is 0 Å². The van der Waals surface area contributed by atoms with E-state index in [1.54, 1.807) is 6.20 Å². The third-order valence-corrected chi connectivity index (χ3v) is 4.78. The zero-order chi connectivity index (χ0) is 16.8. The molecule has 2 N–H and O–H groups in total. The summed E-state index contributed by atoms with van der Waals surface area (Å²) in [6.45, 7) is 1.52. The molecule has 3 rings (SSSR count). The minimum atomic E-state index is -0.190. The van der Waals surface area contributed by atoms with Crippen molar-refractivity contribution in [3.63, 3.8) is 0 Å². The van der Waals surface area contributed by atoms with Gasteiger partial charge in [0.15, 0.2) is 5.82 Å². The van der Waals surface area contributed by atoms with Gasteiger partial charge in [-0.15, -0.1) is 0 Å². The Labute approximate surface area is 141 Å². The van der Waals surface area contributed by atoms with Crippen LogP contribution in [0.25, 0.3) is 0 Å². The van der Waals surface area contributed by atoms with E-state index < -0.39 is 0 Å². The molecule has 2 aliphatic rings. The van der Waals surface area contributed by atoms with Gasteiger partial charge in [0.05, 0.1) is 6.10 Å². The molecule has 1 aliphatic carbocycles. The van der Waals surface area contributed by atoms with Crippen molar-refractivity contribution in [2.75, 3.05) is 24.6 Å². The van der Waals surface area contributed by atoms with Crippen LogP contribution in [0.15, 0.2) is 17.2 Å². The molecule has 1 saturated heterocycles. The Morgan fingerprint density at radius 3 is 2.92 bits per heavy atom. The summed E-state index contributed by atoms with van der Waals surface area (Å²) in [6.07, 6.45) is 11.0. The summed E-state index contributed by atoms with van der Waals surface area (Å²) in [7, 11) is 0. The van der Waals surface area contributed by atoms with Crippen LogP contribution in [0, 0.1) is 0 Å². The van der Waals surface area contributed by atoms with Gasteiger partial charge in [0, 0.05) is 31.5 Å². The molecule has 0 aromatic carbocycles. The monoisotopic (exact) mass is 334 g/mol. The number of nitrogens with zero attached hydrogens (tertiary/aromatic N) is 2. The number of hydrogen-bond donors (Lipinski definition) is 2. The van der Waals surface area contributed by atoms with Crippen LogP contribution < -0.4 is 15.8 Å². The standard InChI is InChI=1S/C17H26N4O3/c22-15(12-24-14-6-2-1-3-7-14)20-13-5-4-10-21(11-13)16-17(23)19-9-8-18-16/h8-9,13-14H,1-7,10-12H2,(H,19,23)(H,20,22). The van der Waals surface area contributed by atoms with Gasteiger partial charge in [0.25, 0.3) is 5.56 Å². The van der Waals surface area contributed by atoms with Gasteiger partial charge in [-0.1, -0.05) is 19.3 Å². The van der Waals surface area contributed by atoms with Gasteiger partial charge < -0.3 is 19.9 Å². The molecule has 7 nitrogen and oxygen atoms in total. The van der Waals surface area contributed by atoms with Gasteiger partial charge in [-0.3, -0.25) is 9.59 Å². The maximum Gasteiger partial charge on any atom is 0.290 e. The molecule has 24 heavy (non-hydrogen) atoms. The first kappa shape index (κ1) is 17.0. The zero-order valence-electron chi connectivity index (χ0n) is 14.0. The van der Waals surface area contributed by atoms with Crippen molar-refractivity contribution >= 4 is 11.7 Å². The van der Waals surface area contributed by atoms with Gasteiger partial charge in [-0.05, 0) is 25.7 Å². The van der Waals surface area contributed by atoms with Crippen LogP contribution in [0.2, 0.25) is 0 Å². The van der Waals surface area contributed by atoms with Crippen LogP contribution in [0.5, 0.6) is 0 Å². The molecule has 7 heteroatoms. The van der Waals surface area contributed by atoms with E-state index in [2.05, 4.69) is 15.3 Å². The molecular weight excluding hydrogens is 308 g/mol. The topological polar surface area (TPSA) is 87.3 Å². The van der Waals surface area contributed by atoms with Crippen LogP contribution >= 0.6 is 0 Å². The number of H-pyrrole nitrogens is 1. The summed E-state index contributed by atoms with van der Waals surface area (Å²) < 4.78 is 5.72. The van der Waals surface area contributed by atoms with Gasteiger partial charge in [0.1, 0.15) is 6.61 Å². The predicted octanol–water partition coefficient (Wildman–Crippen LogP) is 1.20. The fourth-order valence-electron chi connectivity index (χ4n) is 3.55. The average molecular weight is 334 g/mol. The molecule has 2 heterocycles. The number of nitrogens with one attached hydrogen (secondary N) is 2. The molecule has 0 radical (unpaired) electrons. The summed E-state index contributed by atoms with van der Waals surface area (Å²) in [5.41, 5.74) is -0.190. The van der Waals surface area contributed by atoms with Crippen molar-refractivity contribution in [2.45, 2.75) is 57.1 Å². The van der Waals surface area contributed by atoms with E-state index >= 15 is 0 Å². The molecule has 0 spiro atoms. The normalized spacial score (nSPS) is 22.3. The second-order valence-electron chi connectivity index (χ2n) is 6.67. The van der Waals surface area contributed by atoms with E-state index in [-0.39, 0.29) is 30.2 Å². The molecule has 1 aromatic heterocycles. The van der Waals surface area contributed by atoms with Crippen molar-refractivity contribution in [3.05, 3.63) is 22.7 Å². The maximum absolute atomic E-state index is 12.1. The van der Waals surface area contributed by atoms with Gasteiger partial charge in [0.2, 0.25) is 5.91 Å². The van der Waals surface area contributed by atoms with Crippen LogP contribution in [-0.2, 0) is 9.53 Å². The van der Waals surface area contributed by atoms with Crippen molar-refractivity contribution in [1.29, 1.82) is 0 Å². The number of hydrogen-bond acceptors (Lipinski definition) is 5. The van der Waals surface area contributed by atoms with E-state index in [0.29, 0.717) is 12.4 Å². The number of aromatic nitrogens is 2. The number of rotatable bonds is 5. The van der Waals surface area contributed by atoms with Crippen molar-refractivity contribution in [3.8, 4) is 0 Å². The number of aromatic amines is 1. The summed E-state index contributed by atoms with van der Waals surface area (Å²) in [5.74, 6) is 0.359. The van der Waals surface area contributed by atoms with Crippen LogP contribution in [-0.4, -0.2) is 47.7 Å². The van der Waals surface area contributed by atoms with E-state index in [0.717, 1.165) is 32.2 Å². The van der Waals surface area contributed by atoms with E-state index in [4.69, 9.17) is 4.74 Å². The summed E-state index contributed by atoms with van der Waals surface area (Å²) >= 11 is 0. The van der Waals surface area contributed by atoms with E-state index in [1.807, 2.05) is 4.90 Å². The Balaban J connectivity index is 1.47. The molecule has 1 aromatic rings. The number of ether oxygens (including phenoxy) is 1. The molecule has 1 atom stereocenters. The fraction of sp³-hybridized carbons (Fsp3) is 0.706. The fourth-order valence-corrected chi connectivity index (χ4v) is 3.55. The molecule has 0 bridgehead atoms. The molecule has 2 fully saturated rings. The SMILES string of the molecule is O=C(COC1CCCCC1)NC1CCCN(c2ncc[nH]c2=O)C1. The third kappa shape index (κ3) is 4.56. The lowest BCUT2D eigenvalue weighted by molar-refractivity contribution is -0.129. The zero-order valence-corrected chi connectivity index (χ0v) is 14.0. The Bertz CT molecular complexity index is 597. The van der Waals surface area contributed by atoms with Crippen LogP contribution in [0.1, 0.15) is 44.9 Å². The molecule has 1 saturated carbocycles. The lowest BCUT2D eigenvalue weighted by atomic mass is 9.98. The highest BCUT2D eigenvalue weighted by Crippen LogP contribution is 2.20. The third-order valence-electron chi connectivity index (χ3n) is 4.78. The average Bonchev–Trinajstić information content (AvgIpc) is 2.61. The number of piperidine rings is 1. The second-order valence-corrected chi connectivity index (χ2v) is 6.67.